The van der Waals surface area contributed by atoms with E-state index >= 15 is 0 Å². The summed E-state index contributed by atoms with van der Waals surface area (Å²) >= 11 is 0. The van der Waals surface area contributed by atoms with Crippen molar-refractivity contribution in [1.82, 2.24) is 9.13 Å². The Kier molecular flexibility index (Phi) is 6.31. The van der Waals surface area contributed by atoms with Gasteiger partial charge in [-0.25, -0.2) is 0 Å². The molecule has 2 aromatic heterocycles. The lowest BCUT2D eigenvalue weighted by Crippen LogP contribution is -2.18. The highest BCUT2D eigenvalue weighted by atomic mass is 15.2. The fraction of sp³-hybridized carbons (Fsp3) is 0.0204. The molecule has 0 bridgehead atoms. The first-order valence-electron chi connectivity index (χ1n) is 18.0. The molecule has 0 spiro atoms. The molecule has 0 saturated carbocycles. The molecule has 3 heterocycles. The van der Waals surface area contributed by atoms with Gasteiger partial charge in [-0.3, -0.25) is 0 Å². The van der Waals surface area contributed by atoms with E-state index in [1.54, 1.807) is 0 Å². The van der Waals surface area contributed by atoms with Gasteiger partial charge in [0.05, 0.1) is 22.1 Å². The van der Waals surface area contributed by atoms with Gasteiger partial charge in [0.25, 0.3) is 0 Å². The Morgan fingerprint density at radius 2 is 0.769 bits per heavy atom. The van der Waals surface area contributed by atoms with Crippen LogP contribution in [-0.2, 0) is 6.42 Å². The topological polar surface area (TPSA) is 13.1 Å². The minimum absolute atomic E-state index is 0.934. The van der Waals surface area contributed by atoms with Crippen LogP contribution in [0, 0.1) is 0 Å². The van der Waals surface area contributed by atoms with Crippen molar-refractivity contribution < 1.29 is 0 Å². The van der Waals surface area contributed by atoms with Crippen LogP contribution in [0.2, 0.25) is 0 Å². The number of aromatic nitrogens is 2. The predicted octanol–water partition coefficient (Wildman–Crippen LogP) is 12.9. The average Bonchev–Trinajstić information content (AvgIpc) is 3.73. The number of hydrogen-bond acceptors (Lipinski definition) is 1. The number of fused-ring (bicyclic) bond motifs is 8. The summed E-state index contributed by atoms with van der Waals surface area (Å²) in [5, 5.41) is 5.00. The zero-order valence-electron chi connectivity index (χ0n) is 28.4. The van der Waals surface area contributed by atoms with Crippen molar-refractivity contribution in [3.8, 4) is 22.5 Å². The van der Waals surface area contributed by atoms with Gasteiger partial charge < -0.3 is 14.0 Å². The van der Waals surface area contributed by atoms with Gasteiger partial charge in [0.2, 0.25) is 0 Å². The number of para-hydroxylation sites is 5. The van der Waals surface area contributed by atoms with E-state index in [9.17, 15) is 0 Å². The van der Waals surface area contributed by atoms with Crippen molar-refractivity contribution in [1.29, 1.82) is 0 Å². The normalized spacial score (nSPS) is 12.5. The Labute approximate surface area is 301 Å². The molecule has 244 valence electrons. The number of nitrogens with zero attached hydrogens (tertiary/aromatic N) is 3. The molecule has 0 amide bonds. The lowest BCUT2D eigenvalue weighted by molar-refractivity contribution is 1.09. The van der Waals surface area contributed by atoms with Crippen LogP contribution >= 0.6 is 0 Å². The molecule has 0 fully saturated rings. The second kappa shape index (κ2) is 11.3. The molecule has 1 aliphatic heterocycles. The summed E-state index contributed by atoms with van der Waals surface area (Å²) in [5.74, 6) is 0. The van der Waals surface area contributed by atoms with Crippen molar-refractivity contribution >= 4 is 60.7 Å². The summed E-state index contributed by atoms with van der Waals surface area (Å²) in [6.07, 6.45) is 0.934. The van der Waals surface area contributed by atoms with Crippen LogP contribution in [0.4, 0.5) is 17.1 Å². The quantitative estimate of drug-likeness (QED) is 0.183. The second-order valence-electron chi connectivity index (χ2n) is 13.8. The molecule has 0 aliphatic carbocycles. The maximum absolute atomic E-state index is 2.47. The minimum atomic E-state index is 0.934. The molecular formula is C49H33N3. The third-order valence-corrected chi connectivity index (χ3v) is 10.9. The summed E-state index contributed by atoms with van der Waals surface area (Å²) in [4.78, 5) is 2.44. The van der Waals surface area contributed by atoms with Crippen molar-refractivity contribution in [3.63, 3.8) is 0 Å². The van der Waals surface area contributed by atoms with Crippen LogP contribution < -0.4 is 4.90 Å². The van der Waals surface area contributed by atoms with E-state index in [4.69, 9.17) is 0 Å². The first-order chi connectivity index (χ1) is 25.8. The maximum Gasteiger partial charge on any atom is 0.0561 e. The van der Waals surface area contributed by atoms with Gasteiger partial charge in [0.1, 0.15) is 0 Å². The smallest absolute Gasteiger partial charge is 0.0561 e. The molecule has 0 unspecified atom stereocenters. The highest BCUT2D eigenvalue weighted by Crippen LogP contribution is 2.46. The highest BCUT2D eigenvalue weighted by molar-refractivity contribution is 6.11. The van der Waals surface area contributed by atoms with E-state index in [1.165, 1.54) is 77.2 Å². The number of anilines is 3. The highest BCUT2D eigenvalue weighted by Gasteiger charge is 2.25. The number of rotatable bonds is 4. The van der Waals surface area contributed by atoms with Crippen molar-refractivity contribution in [2.24, 2.45) is 0 Å². The van der Waals surface area contributed by atoms with E-state index in [0.717, 1.165) is 23.5 Å². The van der Waals surface area contributed by atoms with Gasteiger partial charge >= 0.3 is 0 Å². The Morgan fingerprint density at radius 3 is 1.35 bits per heavy atom. The van der Waals surface area contributed by atoms with E-state index in [1.807, 2.05) is 0 Å². The fourth-order valence-electron chi connectivity index (χ4n) is 8.60. The van der Waals surface area contributed by atoms with E-state index in [2.05, 4.69) is 202 Å². The standard InChI is InChI=1S/C49H33N3/c1-2-14-33(15-3-1)36-29-38(51-46-23-11-6-18-40(46)41-19-7-12-24-47(41)51)31-39(30-36)52-48-25-13-8-20-42(48)43-27-26-37(32-49(43)52)50-44-21-9-4-16-34(44)28-35-17-5-10-22-45(35)50/h1-27,29-32H,28H2. The van der Waals surface area contributed by atoms with Crippen LogP contribution in [0.5, 0.6) is 0 Å². The molecule has 3 nitrogen and oxygen atoms in total. The van der Waals surface area contributed by atoms with Gasteiger partial charge in [-0.05, 0) is 82.9 Å². The van der Waals surface area contributed by atoms with E-state index in [-0.39, 0.29) is 0 Å². The molecule has 3 heteroatoms. The molecule has 52 heavy (non-hydrogen) atoms. The third-order valence-electron chi connectivity index (χ3n) is 10.9. The lowest BCUT2D eigenvalue weighted by atomic mass is 9.95. The van der Waals surface area contributed by atoms with Crippen molar-refractivity contribution in [2.45, 2.75) is 6.42 Å². The molecule has 0 saturated heterocycles. The van der Waals surface area contributed by atoms with Crippen molar-refractivity contribution in [2.75, 3.05) is 4.90 Å². The van der Waals surface area contributed by atoms with E-state index < -0.39 is 0 Å². The molecule has 10 aromatic rings. The van der Waals surface area contributed by atoms with Gasteiger partial charge in [-0.1, -0.05) is 127 Å². The lowest BCUT2D eigenvalue weighted by Gasteiger charge is -2.33. The zero-order chi connectivity index (χ0) is 34.2. The first-order valence-corrected chi connectivity index (χ1v) is 18.0. The van der Waals surface area contributed by atoms with Gasteiger partial charge in [0, 0.05) is 56.4 Å². The van der Waals surface area contributed by atoms with Crippen LogP contribution in [0.25, 0.3) is 66.1 Å². The maximum atomic E-state index is 2.47. The molecule has 1 aliphatic rings. The molecule has 0 radical (unpaired) electrons. The summed E-state index contributed by atoms with van der Waals surface area (Å²) in [7, 11) is 0. The van der Waals surface area contributed by atoms with Crippen LogP contribution in [0.3, 0.4) is 0 Å². The summed E-state index contributed by atoms with van der Waals surface area (Å²) in [5.41, 5.74) is 15.7. The molecule has 11 rings (SSSR count). The Bertz CT molecular complexity index is 2900. The minimum Gasteiger partial charge on any atom is -0.310 e. The first kappa shape index (κ1) is 28.9. The Balaban J connectivity index is 1.21. The molecule has 8 aromatic carbocycles. The molecular weight excluding hydrogens is 631 g/mol. The third kappa shape index (κ3) is 4.33. The summed E-state index contributed by atoms with van der Waals surface area (Å²) < 4.78 is 4.90. The number of benzene rings is 8. The van der Waals surface area contributed by atoms with Gasteiger partial charge in [0.15, 0.2) is 0 Å². The van der Waals surface area contributed by atoms with Gasteiger partial charge in [-0.2, -0.15) is 0 Å². The summed E-state index contributed by atoms with van der Waals surface area (Å²) in [6.45, 7) is 0. The second-order valence-corrected chi connectivity index (χ2v) is 13.8. The molecule has 0 N–H and O–H groups in total. The van der Waals surface area contributed by atoms with Crippen LogP contribution in [0.15, 0.2) is 188 Å². The van der Waals surface area contributed by atoms with Crippen LogP contribution in [0.1, 0.15) is 11.1 Å². The Morgan fingerprint density at radius 1 is 0.308 bits per heavy atom. The van der Waals surface area contributed by atoms with Crippen molar-refractivity contribution in [3.05, 3.63) is 199 Å². The Hall–Kier alpha value is -6.84. The summed E-state index contributed by atoms with van der Waals surface area (Å²) in [6, 6.07) is 68.9. The molecule has 0 atom stereocenters. The van der Waals surface area contributed by atoms with Gasteiger partial charge in [-0.15, -0.1) is 0 Å². The monoisotopic (exact) mass is 663 g/mol. The predicted molar refractivity (Wildman–Crippen MR) is 218 cm³/mol. The van der Waals surface area contributed by atoms with E-state index in [0.29, 0.717) is 0 Å². The number of hydrogen-bond donors (Lipinski definition) is 0. The largest absolute Gasteiger partial charge is 0.310 e. The average molecular weight is 664 g/mol. The SMILES string of the molecule is c1ccc(-c2cc(-n3c4ccccc4c4ccccc43)cc(-n3c4ccccc4c4ccc(N5c6ccccc6Cc6ccccc65)cc43)c2)cc1. The zero-order valence-corrected chi connectivity index (χ0v) is 28.4. The van der Waals surface area contributed by atoms with Crippen LogP contribution in [-0.4, -0.2) is 9.13 Å². The fourth-order valence-corrected chi connectivity index (χ4v) is 8.60.